The van der Waals surface area contributed by atoms with Crippen LogP contribution in [0.1, 0.15) is 32.6 Å². The van der Waals surface area contributed by atoms with Gasteiger partial charge in [-0.25, -0.2) is 4.39 Å². The molecule has 0 saturated heterocycles. The lowest BCUT2D eigenvalue weighted by Gasteiger charge is -2.39. The average molecular weight is 295 g/mol. The van der Waals surface area contributed by atoms with Crippen LogP contribution in [0.25, 0.3) is 0 Å². The zero-order valence-electron chi connectivity index (χ0n) is 12.3. The summed E-state index contributed by atoms with van der Waals surface area (Å²) in [7, 11) is 0. The molecule has 0 aliphatic heterocycles. The van der Waals surface area contributed by atoms with Crippen LogP contribution in [0.15, 0.2) is 24.3 Å². The van der Waals surface area contributed by atoms with Gasteiger partial charge in [0.15, 0.2) is 18.2 Å². The second-order valence-electron chi connectivity index (χ2n) is 5.91. The van der Waals surface area contributed by atoms with Crippen LogP contribution in [0.2, 0.25) is 0 Å². The molecule has 2 N–H and O–H groups in total. The van der Waals surface area contributed by atoms with E-state index in [1.807, 2.05) is 0 Å². The van der Waals surface area contributed by atoms with Crippen LogP contribution in [0, 0.1) is 11.7 Å². The molecule has 2 rings (SSSR count). The number of nitrogens with one attached hydrogen (secondary N) is 1. The van der Waals surface area contributed by atoms with Gasteiger partial charge in [-0.15, -0.1) is 0 Å². The van der Waals surface area contributed by atoms with Crippen LogP contribution in [-0.4, -0.2) is 29.8 Å². The van der Waals surface area contributed by atoms with Crippen molar-refractivity contribution in [2.45, 2.75) is 38.1 Å². The van der Waals surface area contributed by atoms with Crippen molar-refractivity contribution in [1.82, 2.24) is 5.32 Å². The summed E-state index contributed by atoms with van der Waals surface area (Å²) >= 11 is 0. The minimum absolute atomic E-state index is 0.0581. The molecule has 4 nitrogen and oxygen atoms in total. The molecule has 2 unspecified atom stereocenters. The van der Waals surface area contributed by atoms with Crippen molar-refractivity contribution in [1.29, 1.82) is 0 Å². The molecule has 0 aromatic heterocycles. The lowest BCUT2D eigenvalue weighted by atomic mass is 9.77. The maximum atomic E-state index is 13.4. The molecule has 1 amide bonds. The quantitative estimate of drug-likeness (QED) is 0.876. The molecule has 1 aliphatic rings. The standard InChI is InChI=1S/C16H22FNO3/c1-12-5-4-8-16(9-12,11-19)18-15(20)10-21-14-7-3-2-6-13(14)17/h2-3,6-7,12,19H,4-5,8-11H2,1H3,(H,18,20). The fraction of sp³-hybridized carbons (Fsp3) is 0.562. The van der Waals surface area contributed by atoms with Gasteiger partial charge in [0.05, 0.1) is 12.1 Å². The number of benzene rings is 1. The molecule has 116 valence electrons. The molecule has 0 bridgehead atoms. The van der Waals surface area contributed by atoms with Crippen LogP contribution >= 0.6 is 0 Å². The van der Waals surface area contributed by atoms with E-state index < -0.39 is 11.4 Å². The molecule has 1 aliphatic carbocycles. The van der Waals surface area contributed by atoms with Crippen LogP contribution in [0.3, 0.4) is 0 Å². The SMILES string of the molecule is CC1CCCC(CO)(NC(=O)COc2ccccc2F)C1. The van der Waals surface area contributed by atoms with Gasteiger partial charge < -0.3 is 15.2 Å². The fourth-order valence-corrected chi connectivity index (χ4v) is 2.99. The second kappa shape index (κ2) is 6.89. The first kappa shape index (κ1) is 15.8. The molecule has 1 fully saturated rings. The lowest BCUT2D eigenvalue weighted by molar-refractivity contribution is -0.126. The Morgan fingerprint density at radius 3 is 2.95 bits per heavy atom. The summed E-state index contributed by atoms with van der Waals surface area (Å²) in [6, 6.07) is 5.97. The Morgan fingerprint density at radius 2 is 2.29 bits per heavy atom. The van der Waals surface area contributed by atoms with Gasteiger partial charge in [-0.3, -0.25) is 4.79 Å². The predicted octanol–water partition coefficient (Wildman–Crippen LogP) is 2.26. The normalized spacial score (nSPS) is 25.4. The van der Waals surface area contributed by atoms with Gasteiger partial charge in [0.1, 0.15) is 0 Å². The van der Waals surface area contributed by atoms with E-state index >= 15 is 0 Å². The van der Waals surface area contributed by atoms with Gasteiger partial charge in [0.2, 0.25) is 0 Å². The van der Waals surface area contributed by atoms with Gasteiger partial charge in [0.25, 0.3) is 5.91 Å². The summed E-state index contributed by atoms with van der Waals surface area (Å²) in [6.07, 6.45) is 3.62. The van der Waals surface area contributed by atoms with Crippen molar-refractivity contribution >= 4 is 5.91 Å². The highest BCUT2D eigenvalue weighted by Crippen LogP contribution is 2.31. The number of aliphatic hydroxyl groups is 1. The van der Waals surface area contributed by atoms with E-state index in [2.05, 4.69) is 12.2 Å². The topological polar surface area (TPSA) is 58.6 Å². The maximum absolute atomic E-state index is 13.4. The van der Waals surface area contributed by atoms with Gasteiger partial charge in [-0.05, 0) is 30.9 Å². The molecule has 1 aromatic rings. The fourth-order valence-electron chi connectivity index (χ4n) is 2.99. The van der Waals surface area contributed by atoms with Crippen molar-refractivity contribution in [3.05, 3.63) is 30.1 Å². The molecule has 1 saturated carbocycles. The number of hydrogen-bond acceptors (Lipinski definition) is 3. The van der Waals surface area contributed by atoms with Gasteiger partial charge in [-0.2, -0.15) is 0 Å². The molecular weight excluding hydrogens is 273 g/mol. The molecule has 1 aromatic carbocycles. The second-order valence-corrected chi connectivity index (χ2v) is 5.91. The van der Waals surface area contributed by atoms with E-state index in [0.29, 0.717) is 5.92 Å². The number of aliphatic hydroxyl groups excluding tert-OH is 1. The number of ether oxygens (including phenoxy) is 1. The van der Waals surface area contributed by atoms with Crippen molar-refractivity contribution < 1.29 is 19.0 Å². The van der Waals surface area contributed by atoms with Crippen molar-refractivity contribution in [2.24, 2.45) is 5.92 Å². The monoisotopic (exact) mass is 295 g/mol. The number of halogens is 1. The number of para-hydroxylation sites is 1. The lowest BCUT2D eigenvalue weighted by Crippen LogP contribution is -2.55. The Bertz CT molecular complexity index is 494. The number of hydrogen-bond donors (Lipinski definition) is 2. The Balaban J connectivity index is 1.90. The first-order chi connectivity index (χ1) is 10.0. The smallest absolute Gasteiger partial charge is 0.258 e. The molecule has 2 atom stereocenters. The summed E-state index contributed by atoms with van der Waals surface area (Å²) in [4.78, 5) is 12.0. The molecule has 0 heterocycles. The molecule has 0 radical (unpaired) electrons. The first-order valence-electron chi connectivity index (χ1n) is 7.34. The molecular formula is C16H22FNO3. The van der Waals surface area contributed by atoms with Gasteiger partial charge in [0, 0.05) is 0 Å². The van der Waals surface area contributed by atoms with E-state index in [9.17, 15) is 14.3 Å². The number of carbonyl (C=O) groups excluding carboxylic acids is 1. The van der Waals surface area contributed by atoms with E-state index in [1.165, 1.54) is 12.1 Å². The third-order valence-corrected chi connectivity index (χ3v) is 3.99. The number of rotatable bonds is 5. The van der Waals surface area contributed by atoms with Crippen LogP contribution in [-0.2, 0) is 4.79 Å². The van der Waals surface area contributed by atoms with Crippen LogP contribution < -0.4 is 10.1 Å². The maximum Gasteiger partial charge on any atom is 0.258 e. The molecule has 0 spiro atoms. The van der Waals surface area contributed by atoms with Crippen molar-refractivity contribution in [3.63, 3.8) is 0 Å². The third kappa shape index (κ3) is 4.17. The predicted molar refractivity (Wildman–Crippen MR) is 77.5 cm³/mol. The number of carbonyl (C=O) groups is 1. The highest BCUT2D eigenvalue weighted by Gasteiger charge is 2.35. The Labute approximate surface area is 124 Å². The minimum atomic E-state index is -0.562. The first-order valence-corrected chi connectivity index (χ1v) is 7.34. The van der Waals surface area contributed by atoms with E-state index in [4.69, 9.17) is 4.74 Å². The van der Waals surface area contributed by atoms with Gasteiger partial charge >= 0.3 is 0 Å². The third-order valence-electron chi connectivity index (χ3n) is 3.99. The zero-order valence-corrected chi connectivity index (χ0v) is 12.3. The van der Waals surface area contributed by atoms with E-state index in [0.717, 1.165) is 25.7 Å². The van der Waals surface area contributed by atoms with E-state index in [1.54, 1.807) is 12.1 Å². The Morgan fingerprint density at radius 1 is 1.52 bits per heavy atom. The van der Waals surface area contributed by atoms with Gasteiger partial charge in [-0.1, -0.05) is 31.9 Å². The van der Waals surface area contributed by atoms with Crippen LogP contribution in [0.5, 0.6) is 5.75 Å². The zero-order chi connectivity index (χ0) is 15.3. The summed E-state index contributed by atoms with van der Waals surface area (Å²) in [6.45, 7) is 1.78. The van der Waals surface area contributed by atoms with Crippen molar-refractivity contribution in [3.8, 4) is 5.75 Å². The summed E-state index contributed by atoms with van der Waals surface area (Å²) in [5.41, 5.74) is -0.562. The Hall–Kier alpha value is -1.62. The molecule has 5 heteroatoms. The highest BCUT2D eigenvalue weighted by molar-refractivity contribution is 5.78. The minimum Gasteiger partial charge on any atom is -0.481 e. The summed E-state index contributed by atoms with van der Waals surface area (Å²) in [5.74, 6) is -0.295. The Kier molecular flexibility index (Phi) is 5.17. The van der Waals surface area contributed by atoms with E-state index in [-0.39, 0.29) is 24.9 Å². The number of amides is 1. The van der Waals surface area contributed by atoms with Crippen molar-refractivity contribution in [2.75, 3.05) is 13.2 Å². The largest absolute Gasteiger partial charge is 0.481 e. The van der Waals surface area contributed by atoms with Crippen LogP contribution in [0.4, 0.5) is 4.39 Å². The highest BCUT2D eigenvalue weighted by atomic mass is 19.1. The average Bonchev–Trinajstić information content (AvgIpc) is 2.46. The summed E-state index contributed by atoms with van der Waals surface area (Å²) < 4.78 is 18.6. The summed E-state index contributed by atoms with van der Waals surface area (Å²) in [5, 5.41) is 12.5. The molecule has 21 heavy (non-hydrogen) atoms.